The lowest BCUT2D eigenvalue weighted by Crippen LogP contribution is -2.27. The third-order valence-electron chi connectivity index (χ3n) is 3.48. The smallest absolute Gasteiger partial charge is 0.137 e. The van der Waals surface area contributed by atoms with Crippen LogP contribution in [0.15, 0.2) is 36.4 Å². The van der Waals surface area contributed by atoms with Crippen LogP contribution in [0, 0.1) is 0 Å². The number of aromatic nitrogens is 2. The molecule has 6 heteroatoms. The number of imidazole rings is 1. The number of fused-ring (bicyclic) bond motifs is 1. The highest BCUT2D eigenvalue weighted by Crippen LogP contribution is 2.39. The number of rotatable bonds is 5. The minimum atomic E-state index is 0.295. The van der Waals surface area contributed by atoms with E-state index < -0.39 is 0 Å². The summed E-state index contributed by atoms with van der Waals surface area (Å²) < 4.78 is 2.06. The average Bonchev–Trinajstić information content (AvgIpc) is 3.19. The normalized spacial score (nSPS) is 15.8. The predicted molar refractivity (Wildman–Crippen MR) is 78.2 cm³/mol. The van der Waals surface area contributed by atoms with Gasteiger partial charge < -0.3 is 20.9 Å². The van der Waals surface area contributed by atoms with Crippen molar-refractivity contribution in [3.63, 3.8) is 0 Å². The predicted octanol–water partition coefficient (Wildman–Crippen LogP) is 0.646. The maximum atomic E-state index is 5.86. The van der Waals surface area contributed by atoms with Crippen LogP contribution in [-0.4, -0.2) is 20.9 Å². The molecule has 6 nitrogen and oxygen atoms in total. The number of nitrogens with zero attached hydrogens (tertiary/aromatic N) is 3. The van der Waals surface area contributed by atoms with E-state index in [9.17, 15) is 0 Å². The Balaban J connectivity index is 1.78. The summed E-state index contributed by atoms with van der Waals surface area (Å²) >= 11 is 0. The second-order valence-corrected chi connectivity index (χ2v) is 5.31. The van der Waals surface area contributed by atoms with Crippen molar-refractivity contribution in [3.05, 3.63) is 47.7 Å². The van der Waals surface area contributed by atoms with Crippen LogP contribution < -0.4 is 17.3 Å². The van der Waals surface area contributed by atoms with Gasteiger partial charge in [-0.3, -0.25) is 0 Å². The largest absolute Gasteiger partial charge is 0.400 e. The van der Waals surface area contributed by atoms with Crippen LogP contribution >= 0.6 is 0 Å². The van der Waals surface area contributed by atoms with Gasteiger partial charge in [-0.2, -0.15) is 0 Å². The number of nitrogens with two attached hydrogens (primary N) is 3. The minimum absolute atomic E-state index is 0.295. The van der Waals surface area contributed by atoms with Gasteiger partial charge in [0.05, 0.1) is 12.2 Å². The Kier molecular flexibility index (Phi) is 3.33. The lowest BCUT2D eigenvalue weighted by molar-refractivity contribution is 0.378. The maximum Gasteiger partial charge on any atom is 0.137 e. The van der Waals surface area contributed by atoms with Crippen LogP contribution in [0.25, 0.3) is 5.65 Å². The molecule has 0 spiro atoms. The van der Waals surface area contributed by atoms with Crippen LogP contribution in [0.1, 0.15) is 30.0 Å². The Morgan fingerprint density at radius 2 is 2.20 bits per heavy atom. The van der Waals surface area contributed by atoms with Crippen LogP contribution in [0.2, 0.25) is 0 Å². The number of hydrazine groups is 1. The summed E-state index contributed by atoms with van der Waals surface area (Å²) in [6.45, 7) is 0.796. The Morgan fingerprint density at radius 3 is 2.90 bits per heavy atom. The molecule has 0 saturated heterocycles. The molecule has 0 atom stereocenters. The lowest BCUT2D eigenvalue weighted by atomic mass is 10.2. The molecule has 0 aromatic carbocycles. The number of hydrogen-bond acceptors (Lipinski definition) is 5. The van der Waals surface area contributed by atoms with Crippen molar-refractivity contribution in [3.8, 4) is 0 Å². The highest BCUT2D eigenvalue weighted by Gasteiger charge is 2.23. The fourth-order valence-corrected chi connectivity index (χ4v) is 2.29. The highest BCUT2D eigenvalue weighted by atomic mass is 15.4. The van der Waals surface area contributed by atoms with Gasteiger partial charge in [-0.1, -0.05) is 6.07 Å². The standard InChI is InChI=1S/C14H20N6/c15-5-12(16)7-20(17)9-13-8-19-6-11(10-1-2-10)3-4-14(19)18-13/h3-4,6-8,10H,1-2,5,9,15-17H2/b12-7-. The topological polar surface area (TPSA) is 98.6 Å². The molecule has 0 amide bonds. The molecule has 1 fully saturated rings. The third kappa shape index (κ3) is 2.76. The van der Waals surface area contributed by atoms with Crippen LogP contribution in [0.3, 0.4) is 0 Å². The summed E-state index contributed by atoms with van der Waals surface area (Å²) in [6, 6.07) is 4.22. The summed E-state index contributed by atoms with van der Waals surface area (Å²) in [6.07, 6.45) is 8.40. The van der Waals surface area contributed by atoms with Crippen molar-refractivity contribution >= 4 is 5.65 Å². The monoisotopic (exact) mass is 272 g/mol. The first kappa shape index (κ1) is 13.0. The Morgan fingerprint density at radius 1 is 1.40 bits per heavy atom. The van der Waals surface area contributed by atoms with Gasteiger partial charge in [-0.25, -0.2) is 10.8 Å². The molecule has 2 aromatic heterocycles. The van der Waals surface area contributed by atoms with E-state index in [1.165, 1.54) is 23.4 Å². The van der Waals surface area contributed by atoms with Crippen LogP contribution in [0.4, 0.5) is 0 Å². The van der Waals surface area contributed by atoms with Crippen molar-refractivity contribution in [1.29, 1.82) is 0 Å². The van der Waals surface area contributed by atoms with E-state index in [0.717, 1.165) is 17.3 Å². The van der Waals surface area contributed by atoms with Crippen molar-refractivity contribution in [1.82, 2.24) is 14.4 Å². The van der Waals surface area contributed by atoms with Crippen LogP contribution in [-0.2, 0) is 6.54 Å². The quantitative estimate of drug-likeness (QED) is 0.548. The Labute approximate surface area is 117 Å². The van der Waals surface area contributed by atoms with Gasteiger partial charge in [0.2, 0.25) is 0 Å². The molecule has 0 aliphatic heterocycles. The van der Waals surface area contributed by atoms with Crippen LogP contribution in [0.5, 0.6) is 0 Å². The number of pyridine rings is 1. The van der Waals surface area contributed by atoms with E-state index in [1.807, 2.05) is 6.20 Å². The molecule has 0 unspecified atom stereocenters. The molecular formula is C14H20N6. The molecule has 0 bridgehead atoms. The average molecular weight is 272 g/mol. The third-order valence-corrected chi connectivity index (χ3v) is 3.48. The van der Waals surface area contributed by atoms with Crippen molar-refractivity contribution in [2.24, 2.45) is 17.3 Å². The van der Waals surface area contributed by atoms with E-state index in [2.05, 4.69) is 27.7 Å². The molecular weight excluding hydrogens is 252 g/mol. The van der Waals surface area contributed by atoms with Gasteiger partial charge >= 0.3 is 0 Å². The Hall–Kier alpha value is -2.05. The van der Waals surface area contributed by atoms with Crippen molar-refractivity contribution in [2.75, 3.05) is 6.54 Å². The summed E-state index contributed by atoms with van der Waals surface area (Å²) in [5, 5.41) is 1.51. The zero-order valence-corrected chi connectivity index (χ0v) is 11.4. The first-order chi connectivity index (χ1) is 9.65. The molecule has 3 rings (SSSR count). The highest BCUT2D eigenvalue weighted by molar-refractivity contribution is 5.42. The molecule has 1 saturated carbocycles. The van der Waals surface area contributed by atoms with E-state index in [4.69, 9.17) is 17.3 Å². The minimum Gasteiger partial charge on any atom is -0.400 e. The summed E-state index contributed by atoms with van der Waals surface area (Å²) in [5.41, 5.74) is 14.9. The fourth-order valence-electron chi connectivity index (χ4n) is 2.29. The maximum absolute atomic E-state index is 5.86. The van der Waals surface area contributed by atoms with E-state index in [-0.39, 0.29) is 0 Å². The zero-order valence-electron chi connectivity index (χ0n) is 11.4. The van der Waals surface area contributed by atoms with Gasteiger partial charge in [0.1, 0.15) is 5.65 Å². The lowest BCUT2D eigenvalue weighted by Gasteiger charge is -2.12. The van der Waals surface area contributed by atoms with Gasteiger partial charge in [0.25, 0.3) is 0 Å². The molecule has 0 radical (unpaired) electrons. The van der Waals surface area contributed by atoms with Crippen molar-refractivity contribution in [2.45, 2.75) is 25.3 Å². The molecule has 106 valence electrons. The second-order valence-electron chi connectivity index (χ2n) is 5.31. The van der Waals surface area contributed by atoms with Gasteiger partial charge in [-0.05, 0) is 30.4 Å². The first-order valence-electron chi connectivity index (χ1n) is 6.81. The fraction of sp³-hybridized carbons (Fsp3) is 0.357. The molecule has 1 aliphatic rings. The molecule has 2 heterocycles. The van der Waals surface area contributed by atoms with E-state index >= 15 is 0 Å². The van der Waals surface area contributed by atoms with E-state index in [1.54, 1.807) is 6.20 Å². The Bertz CT molecular complexity index is 640. The molecule has 6 N–H and O–H groups in total. The number of hydrogen-bond donors (Lipinski definition) is 3. The van der Waals surface area contributed by atoms with Gasteiger partial charge in [-0.15, -0.1) is 0 Å². The summed E-state index contributed by atoms with van der Waals surface area (Å²) in [5.74, 6) is 6.60. The van der Waals surface area contributed by atoms with Gasteiger partial charge in [0, 0.05) is 30.8 Å². The molecule has 20 heavy (non-hydrogen) atoms. The molecule has 2 aromatic rings. The first-order valence-corrected chi connectivity index (χ1v) is 6.81. The zero-order chi connectivity index (χ0) is 14.1. The van der Waals surface area contributed by atoms with Crippen molar-refractivity contribution < 1.29 is 0 Å². The molecule has 1 aliphatic carbocycles. The van der Waals surface area contributed by atoms with E-state index in [0.29, 0.717) is 18.8 Å². The van der Waals surface area contributed by atoms with Gasteiger partial charge in [0.15, 0.2) is 0 Å². The SMILES string of the molecule is NC/C(N)=C/N(N)Cc1cn2cc(C3CC3)ccc2n1. The summed E-state index contributed by atoms with van der Waals surface area (Å²) in [7, 11) is 0. The summed E-state index contributed by atoms with van der Waals surface area (Å²) in [4.78, 5) is 4.55. The second kappa shape index (κ2) is 5.15.